The molecule has 0 saturated carbocycles. The minimum absolute atomic E-state index is 0.0422. The van der Waals surface area contributed by atoms with Crippen molar-refractivity contribution in [3.05, 3.63) is 55.2 Å². The number of anilines is 2. The molecule has 0 aliphatic rings. The molecule has 9 nitrogen and oxygen atoms in total. The summed E-state index contributed by atoms with van der Waals surface area (Å²) in [4.78, 5) is 12.3. The number of pyridine rings is 2. The number of aromatic nitrogens is 5. The molecule has 11 heteroatoms. The van der Waals surface area contributed by atoms with Gasteiger partial charge in [0, 0.05) is 36.3 Å². The normalized spacial score (nSPS) is 11.4. The standard InChI is InChI=1S/C23H21F2N7O2/c1-23(2,13-26)14-34-18-10-29-22(33-12-19(24)25)9-17(18)15-3-6-32-16(7-15)8-20(31-32)30-21-11-27-4-5-28-21/h3-11,19H,12,14H2,1-2H3,(H,28,30,31). The first-order valence-electron chi connectivity index (χ1n) is 10.3. The van der Waals surface area contributed by atoms with Crippen molar-refractivity contribution in [2.75, 3.05) is 18.5 Å². The second kappa shape index (κ2) is 9.66. The highest BCUT2D eigenvalue weighted by atomic mass is 19.3. The van der Waals surface area contributed by atoms with Gasteiger partial charge in [-0.2, -0.15) is 10.4 Å². The van der Waals surface area contributed by atoms with Gasteiger partial charge in [-0.15, -0.1) is 0 Å². The molecule has 0 spiro atoms. The van der Waals surface area contributed by atoms with E-state index in [1.54, 1.807) is 49.2 Å². The van der Waals surface area contributed by atoms with E-state index < -0.39 is 18.4 Å². The van der Waals surface area contributed by atoms with E-state index in [2.05, 4.69) is 31.4 Å². The van der Waals surface area contributed by atoms with Gasteiger partial charge in [0.05, 0.1) is 29.4 Å². The van der Waals surface area contributed by atoms with Crippen molar-refractivity contribution in [3.8, 4) is 28.8 Å². The summed E-state index contributed by atoms with van der Waals surface area (Å²) >= 11 is 0. The van der Waals surface area contributed by atoms with Crippen LogP contribution in [0.3, 0.4) is 0 Å². The van der Waals surface area contributed by atoms with Crippen molar-refractivity contribution >= 4 is 17.2 Å². The van der Waals surface area contributed by atoms with Crippen molar-refractivity contribution in [2.24, 2.45) is 5.41 Å². The highest BCUT2D eigenvalue weighted by molar-refractivity contribution is 5.75. The van der Waals surface area contributed by atoms with Crippen LogP contribution in [0, 0.1) is 16.7 Å². The van der Waals surface area contributed by atoms with Crippen molar-refractivity contribution in [2.45, 2.75) is 20.3 Å². The molecular weight excluding hydrogens is 444 g/mol. The molecule has 0 aliphatic heterocycles. The summed E-state index contributed by atoms with van der Waals surface area (Å²) in [6, 6.07) is 9.22. The Labute approximate surface area is 194 Å². The molecule has 1 N–H and O–H groups in total. The maximum atomic E-state index is 12.6. The van der Waals surface area contributed by atoms with E-state index in [4.69, 9.17) is 9.47 Å². The number of nitriles is 1. The van der Waals surface area contributed by atoms with Crippen LogP contribution in [0.5, 0.6) is 11.6 Å². The first kappa shape index (κ1) is 22.8. The topological polar surface area (TPSA) is 110 Å². The zero-order valence-electron chi connectivity index (χ0n) is 18.4. The summed E-state index contributed by atoms with van der Waals surface area (Å²) in [7, 11) is 0. The number of hydrogen-bond acceptors (Lipinski definition) is 8. The molecule has 4 aromatic heterocycles. The number of ether oxygens (including phenoxy) is 2. The molecule has 0 saturated heterocycles. The van der Waals surface area contributed by atoms with Crippen molar-refractivity contribution in [1.82, 2.24) is 24.6 Å². The Bertz CT molecular complexity index is 1320. The molecule has 0 unspecified atom stereocenters. The third kappa shape index (κ3) is 5.53. The molecule has 0 aliphatic carbocycles. The van der Waals surface area contributed by atoms with Crippen molar-refractivity contribution < 1.29 is 18.3 Å². The predicted molar refractivity (Wildman–Crippen MR) is 120 cm³/mol. The molecule has 0 bridgehead atoms. The van der Waals surface area contributed by atoms with Crippen LogP contribution in [-0.4, -0.2) is 44.2 Å². The lowest BCUT2D eigenvalue weighted by Crippen LogP contribution is -2.19. The van der Waals surface area contributed by atoms with E-state index >= 15 is 0 Å². The molecule has 0 fully saturated rings. The van der Waals surface area contributed by atoms with Crippen LogP contribution < -0.4 is 14.8 Å². The summed E-state index contributed by atoms with van der Waals surface area (Å²) in [6.07, 6.45) is 5.27. The Kier molecular flexibility index (Phi) is 6.49. The molecule has 4 heterocycles. The summed E-state index contributed by atoms with van der Waals surface area (Å²) < 4.78 is 37.9. The Morgan fingerprint density at radius 1 is 1.12 bits per heavy atom. The molecule has 0 aromatic carbocycles. The summed E-state index contributed by atoms with van der Waals surface area (Å²) in [5.41, 5.74) is 1.35. The van der Waals surface area contributed by atoms with E-state index in [0.29, 0.717) is 22.9 Å². The van der Waals surface area contributed by atoms with Crippen LogP contribution in [-0.2, 0) is 0 Å². The molecule has 0 atom stereocenters. The van der Waals surface area contributed by atoms with Gasteiger partial charge >= 0.3 is 0 Å². The van der Waals surface area contributed by atoms with Gasteiger partial charge in [-0.25, -0.2) is 23.3 Å². The first-order chi connectivity index (χ1) is 16.3. The number of rotatable bonds is 9. The lowest BCUT2D eigenvalue weighted by Gasteiger charge is -2.18. The lowest BCUT2D eigenvalue weighted by molar-refractivity contribution is 0.0795. The van der Waals surface area contributed by atoms with Crippen LogP contribution >= 0.6 is 0 Å². The minimum Gasteiger partial charge on any atom is -0.490 e. The Morgan fingerprint density at radius 3 is 2.71 bits per heavy atom. The quantitative estimate of drug-likeness (QED) is 0.385. The smallest absolute Gasteiger partial charge is 0.272 e. The van der Waals surface area contributed by atoms with Gasteiger partial charge in [-0.1, -0.05) is 0 Å². The van der Waals surface area contributed by atoms with Gasteiger partial charge in [0.15, 0.2) is 12.4 Å². The molecule has 0 radical (unpaired) electrons. The minimum atomic E-state index is -2.62. The number of nitrogens with one attached hydrogen (secondary N) is 1. The number of nitrogens with zero attached hydrogens (tertiary/aromatic N) is 6. The second-order valence-electron chi connectivity index (χ2n) is 8.04. The number of fused-ring (bicyclic) bond motifs is 1. The van der Waals surface area contributed by atoms with Gasteiger partial charge in [0.1, 0.15) is 18.2 Å². The zero-order chi connectivity index (χ0) is 24.1. The highest BCUT2D eigenvalue weighted by Crippen LogP contribution is 2.34. The summed E-state index contributed by atoms with van der Waals surface area (Å²) in [5.74, 6) is 1.56. The summed E-state index contributed by atoms with van der Waals surface area (Å²) in [5, 5.41) is 16.8. The van der Waals surface area contributed by atoms with Crippen LogP contribution in [0.4, 0.5) is 20.4 Å². The maximum absolute atomic E-state index is 12.6. The number of alkyl halides is 2. The van der Waals surface area contributed by atoms with E-state index in [1.165, 1.54) is 12.3 Å². The Hall–Kier alpha value is -4.33. The molecular formula is C23H21F2N7O2. The van der Waals surface area contributed by atoms with Crippen molar-refractivity contribution in [3.63, 3.8) is 0 Å². The van der Waals surface area contributed by atoms with Gasteiger partial charge in [0.25, 0.3) is 6.43 Å². The molecule has 0 amide bonds. The predicted octanol–water partition coefficient (Wildman–Crippen LogP) is 4.50. The fourth-order valence-electron chi connectivity index (χ4n) is 3.00. The SMILES string of the molecule is CC(C)(C#N)COc1cnc(OCC(F)F)cc1-c1ccn2nc(Nc3cnccn3)cc2c1. The molecule has 4 aromatic rings. The lowest BCUT2D eigenvalue weighted by atomic mass is 9.97. The van der Waals surface area contributed by atoms with E-state index in [-0.39, 0.29) is 12.5 Å². The maximum Gasteiger partial charge on any atom is 0.272 e. The first-order valence-corrected chi connectivity index (χ1v) is 10.3. The third-order valence-electron chi connectivity index (χ3n) is 4.68. The van der Waals surface area contributed by atoms with Gasteiger partial charge in [0.2, 0.25) is 5.88 Å². The van der Waals surface area contributed by atoms with Crippen LogP contribution in [0.2, 0.25) is 0 Å². The van der Waals surface area contributed by atoms with E-state index in [1.807, 2.05) is 12.1 Å². The van der Waals surface area contributed by atoms with E-state index in [0.717, 1.165) is 11.1 Å². The van der Waals surface area contributed by atoms with Gasteiger partial charge < -0.3 is 14.8 Å². The van der Waals surface area contributed by atoms with Gasteiger partial charge in [-0.05, 0) is 31.5 Å². The molecule has 4 rings (SSSR count). The average Bonchev–Trinajstić information content (AvgIpc) is 3.23. The third-order valence-corrected chi connectivity index (χ3v) is 4.68. The molecule has 174 valence electrons. The zero-order valence-corrected chi connectivity index (χ0v) is 18.4. The van der Waals surface area contributed by atoms with Gasteiger partial charge in [-0.3, -0.25) is 4.98 Å². The number of hydrogen-bond donors (Lipinski definition) is 1. The van der Waals surface area contributed by atoms with Crippen LogP contribution in [0.15, 0.2) is 55.2 Å². The average molecular weight is 465 g/mol. The summed E-state index contributed by atoms with van der Waals surface area (Å²) in [6.45, 7) is 2.86. The monoisotopic (exact) mass is 465 g/mol. The van der Waals surface area contributed by atoms with Crippen molar-refractivity contribution in [1.29, 1.82) is 5.26 Å². The second-order valence-corrected chi connectivity index (χ2v) is 8.04. The fraction of sp³-hybridized carbons (Fsp3) is 0.261. The van der Waals surface area contributed by atoms with E-state index in [9.17, 15) is 14.0 Å². The highest BCUT2D eigenvalue weighted by Gasteiger charge is 2.20. The molecule has 34 heavy (non-hydrogen) atoms. The van der Waals surface area contributed by atoms with Crippen LogP contribution in [0.25, 0.3) is 16.6 Å². The number of halogens is 2. The fourth-order valence-corrected chi connectivity index (χ4v) is 3.00. The van der Waals surface area contributed by atoms with Crippen LogP contribution in [0.1, 0.15) is 13.8 Å². The Morgan fingerprint density at radius 2 is 1.97 bits per heavy atom. The largest absolute Gasteiger partial charge is 0.490 e. The Balaban J connectivity index is 1.67.